The summed E-state index contributed by atoms with van der Waals surface area (Å²) in [7, 11) is 0. The molecule has 0 atom stereocenters. The highest BCUT2D eigenvalue weighted by atomic mass is 15.1. The topological polar surface area (TPSA) is 15.3 Å². The molecule has 2 nitrogen and oxygen atoms in total. The number of hydrogen-bond acceptors (Lipinski definition) is 2. The molecule has 0 amide bonds. The zero-order chi connectivity index (χ0) is 11.1. The van der Waals surface area contributed by atoms with Crippen LogP contribution in [-0.4, -0.2) is 36.6 Å². The van der Waals surface area contributed by atoms with E-state index in [4.69, 9.17) is 0 Å². The molecule has 0 aliphatic carbocycles. The van der Waals surface area contributed by atoms with Crippen LogP contribution >= 0.6 is 0 Å². The Bertz CT molecular complexity index is 158. The summed E-state index contributed by atoms with van der Waals surface area (Å²) < 4.78 is 0. The van der Waals surface area contributed by atoms with Crippen LogP contribution in [-0.2, 0) is 0 Å². The highest BCUT2D eigenvalue weighted by Gasteiger charge is 2.14. The van der Waals surface area contributed by atoms with Gasteiger partial charge in [0.1, 0.15) is 0 Å². The molecule has 0 bridgehead atoms. The van der Waals surface area contributed by atoms with E-state index in [-0.39, 0.29) is 0 Å². The van der Waals surface area contributed by atoms with Gasteiger partial charge in [-0.3, -0.25) is 0 Å². The summed E-state index contributed by atoms with van der Waals surface area (Å²) in [6, 6.07) is 0. The van der Waals surface area contributed by atoms with Gasteiger partial charge < -0.3 is 10.2 Å². The van der Waals surface area contributed by atoms with Gasteiger partial charge >= 0.3 is 0 Å². The third-order valence-corrected chi connectivity index (χ3v) is 3.61. The van der Waals surface area contributed by atoms with E-state index in [9.17, 15) is 0 Å². The van der Waals surface area contributed by atoms with Crippen molar-refractivity contribution in [3.05, 3.63) is 0 Å². The van der Waals surface area contributed by atoms with Crippen LogP contribution < -0.4 is 5.32 Å². The highest BCUT2D eigenvalue weighted by molar-refractivity contribution is 4.76. The molecule has 1 aliphatic rings. The zero-order valence-electron chi connectivity index (χ0n) is 10.8. The van der Waals surface area contributed by atoms with Crippen LogP contribution in [0.25, 0.3) is 0 Å². The van der Waals surface area contributed by atoms with Crippen LogP contribution in [0.5, 0.6) is 0 Å². The monoisotopic (exact) mass is 212 g/mol. The predicted octanol–water partition coefficient (Wildman–Crippen LogP) is 2.64. The molecule has 90 valence electrons. The summed E-state index contributed by atoms with van der Waals surface area (Å²) in [4.78, 5) is 2.62. The first-order chi connectivity index (χ1) is 7.14. The van der Waals surface area contributed by atoms with Crippen LogP contribution in [0.4, 0.5) is 0 Å². The lowest BCUT2D eigenvalue weighted by atomic mass is 10.0. The van der Waals surface area contributed by atoms with E-state index in [2.05, 4.69) is 31.0 Å². The van der Waals surface area contributed by atoms with E-state index in [0.29, 0.717) is 5.54 Å². The maximum atomic E-state index is 3.63. The van der Waals surface area contributed by atoms with E-state index in [1.807, 2.05) is 0 Å². The van der Waals surface area contributed by atoms with Crippen LogP contribution in [0.2, 0.25) is 0 Å². The summed E-state index contributed by atoms with van der Waals surface area (Å²) in [5.74, 6) is 0. The van der Waals surface area contributed by atoms with Gasteiger partial charge in [0.15, 0.2) is 0 Å². The van der Waals surface area contributed by atoms with E-state index >= 15 is 0 Å². The molecule has 1 saturated heterocycles. The summed E-state index contributed by atoms with van der Waals surface area (Å²) in [5, 5.41) is 3.63. The quantitative estimate of drug-likeness (QED) is 0.753. The Kier molecular flexibility index (Phi) is 5.62. The Balaban J connectivity index is 2.13. The molecule has 1 N–H and O–H groups in total. The standard InChI is InChI=1S/C13H28N2/c1-4-13(2,3)14-9-12-15-10-7-5-6-8-11-15/h14H,4-12H2,1-3H3. The molecule has 1 fully saturated rings. The second-order valence-electron chi connectivity index (χ2n) is 5.42. The van der Waals surface area contributed by atoms with Crippen LogP contribution in [0.3, 0.4) is 0 Å². The Morgan fingerprint density at radius 3 is 2.20 bits per heavy atom. The molecule has 15 heavy (non-hydrogen) atoms. The van der Waals surface area contributed by atoms with E-state index < -0.39 is 0 Å². The fourth-order valence-corrected chi connectivity index (χ4v) is 2.04. The molecule has 1 aliphatic heterocycles. The molecular weight excluding hydrogens is 184 g/mol. The Morgan fingerprint density at radius 2 is 1.67 bits per heavy atom. The molecule has 0 unspecified atom stereocenters. The van der Waals surface area contributed by atoms with Crippen LogP contribution in [0.15, 0.2) is 0 Å². The van der Waals surface area contributed by atoms with E-state index in [1.165, 1.54) is 51.7 Å². The minimum atomic E-state index is 0.311. The fraction of sp³-hybridized carbons (Fsp3) is 1.00. The Morgan fingerprint density at radius 1 is 1.07 bits per heavy atom. The maximum Gasteiger partial charge on any atom is 0.0123 e. The largest absolute Gasteiger partial charge is 0.311 e. The van der Waals surface area contributed by atoms with Crippen LogP contribution in [0.1, 0.15) is 52.9 Å². The van der Waals surface area contributed by atoms with Crippen molar-refractivity contribution in [1.82, 2.24) is 10.2 Å². The van der Waals surface area contributed by atoms with E-state index in [1.54, 1.807) is 0 Å². The second kappa shape index (κ2) is 6.49. The minimum absolute atomic E-state index is 0.311. The van der Waals surface area contributed by atoms with Gasteiger partial charge in [0.05, 0.1) is 0 Å². The Labute approximate surface area is 95.4 Å². The molecule has 0 spiro atoms. The van der Waals surface area contributed by atoms with Gasteiger partial charge in [0, 0.05) is 18.6 Å². The molecule has 0 radical (unpaired) electrons. The minimum Gasteiger partial charge on any atom is -0.311 e. The van der Waals surface area contributed by atoms with Gasteiger partial charge in [0.2, 0.25) is 0 Å². The first-order valence-corrected chi connectivity index (χ1v) is 6.61. The molecule has 0 saturated carbocycles. The van der Waals surface area contributed by atoms with Gasteiger partial charge in [-0.2, -0.15) is 0 Å². The number of hydrogen-bond donors (Lipinski definition) is 1. The molecule has 2 heteroatoms. The lowest BCUT2D eigenvalue weighted by Gasteiger charge is -2.27. The average Bonchev–Trinajstić information content (AvgIpc) is 2.46. The number of rotatable bonds is 5. The maximum absolute atomic E-state index is 3.63. The Hall–Kier alpha value is -0.0800. The normalized spacial score (nSPS) is 20.2. The summed E-state index contributed by atoms with van der Waals surface area (Å²) >= 11 is 0. The van der Waals surface area contributed by atoms with Gasteiger partial charge in [-0.05, 0) is 46.2 Å². The van der Waals surface area contributed by atoms with Crippen molar-refractivity contribution in [3.8, 4) is 0 Å². The van der Waals surface area contributed by atoms with Crippen molar-refractivity contribution in [2.45, 2.75) is 58.4 Å². The number of likely N-dealkylation sites (tertiary alicyclic amines) is 1. The third kappa shape index (κ3) is 5.53. The number of nitrogens with one attached hydrogen (secondary N) is 1. The molecule has 1 rings (SSSR count). The zero-order valence-corrected chi connectivity index (χ0v) is 10.8. The van der Waals surface area contributed by atoms with Crippen molar-refractivity contribution in [1.29, 1.82) is 0 Å². The van der Waals surface area contributed by atoms with Gasteiger partial charge in [-0.15, -0.1) is 0 Å². The van der Waals surface area contributed by atoms with Crippen molar-refractivity contribution in [2.75, 3.05) is 26.2 Å². The molecule has 1 heterocycles. The second-order valence-corrected chi connectivity index (χ2v) is 5.42. The lowest BCUT2D eigenvalue weighted by Crippen LogP contribution is -2.43. The first-order valence-electron chi connectivity index (χ1n) is 6.61. The third-order valence-electron chi connectivity index (χ3n) is 3.61. The summed E-state index contributed by atoms with van der Waals surface area (Å²) in [5.41, 5.74) is 0.311. The fourth-order valence-electron chi connectivity index (χ4n) is 2.04. The molecule has 0 aromatic carbocycles. The summed E-state index contributed by atoms with van der Waals surface area (Å²) in [6.45, 7) is 11.8. The van der Waals surface area contributed by atoms with Crippen LogP contribution in [0, 0.1) is 0 Å². The lowest BCUT2D eigenvalue weighted by molar-refractivity contribution is 0.264. The molecule has 0 aromatic heterocycles. The van der Waals surface area contributed by atoms with Gasteiger partial charge in [-0.25, -0.2) is 0 Å². The van der Waals surface area contributed by atoms with Crippen molar-refractivity contribution < 1.29 is 0 Å². The van der Waals surface area contributed by atoms with Gasteiger partial charge in [0.25, 0.3) is 0 Å². The van der Waals surface area contributed by atoms with Crippen molar-refractivity contribution >= 4 is 0 Å². The molecule has 0 aromatic rings. The SMILES string of the molecule is CCC(C)(C)NCCN1CCCCCC1. The van der Waals surface area contributed by atoms with Crippen molar-refractivity contribution in [2.24, 2.45) is 0 Å². The molecular formula is C13H28N2. The number of nitrogens with zero attached hydrogens (tertiary/aromatic N) is 1. The van der Waals surface area contributed by atoms with Crippen molar-refractivity contribution in [3.63, 3.8) is 0 Å². The predicted molar refractivity (Wildman–Crippen MR) is 67.3 cm³/mol. The first kappa shape index (κ1) is 13.0. The smallest absolute Gasteiger partial charge is 0.0123 e. The highest BCUT2D eigenvalue weighted by Crippen LogP contribution is 2.10. The average molecular weight is 212 g/mol. The van der Waals surface area contributed by atoms with E-state index in [0.717, 1.165) is 6.54 Å². The van der Waals surface area contributed by atoms with Gasteiger partial charge in [-0.1, -0.05) is 19.8 Å². The summed E-state index contributed by atoms with van der Waals surface area (Å²) in [6.07, 6.45) is 6.87.